The topological polar surface area (TPSA) is 345 Å². The number of hydrogen-bond donors (Lipinski definition) is 11. The summed E-state index contributed by atoms with van der Waals surface area (Å²) in [6, 6.07) is -6.28. The fraction of sp³-hybridized carbons (Fsp3) is 0.542. The molecule has 244 valence electrons. The summed E-state index contributed by atoms with van der Waals surface area (Å²) < 4.78 is 0. The summed E-state index contributed by atoms with van der Waals surface area (Å²) in [6.07, 6.45) is 2.28. The number of aliphatic imine (C=N–C) groups is 1. The molecule has 0 aliphatic heterocycles. The first-order chi connectivity index (χ1) is 20.7. The van der Waals surface area contributed by atoms with Gasteiger partial charge in [0.25, 0.3) is 0 Å². The molecule has 20 heteroatoms. The van der Waals surface area contributed by atoms with Crippen molar-refractivity contribution in [2.45, 2.75) is 69.6 Å². The fourth-order valence-electron chi connectivity index (χ4n) is 3.85. The van der Waals surface area contributed by atoms with Gasteiger partial charge in [-0.3, -0.25) is 29.0 Å². The van der Waals surface area contributed by atoms with E-state index >= 15 is 0 Å². The van der Waals surface area contributed by atoms with Crippen molar-refractivity contribution in [2.75, 3.05) is 13.1 Å². The highest BCUT2D eigenvalue weighted by Crippen LogP contribution is 2.06. The number of urea groups is 1. The standard InChI is InChI=1S/C24H40N12O8/c1-12(37)33-14(4-2-6-30-23(26)27)19(39)36-17(9-18(25)38)21(41)35-16(8-13-10-29-11-32-13)20(40)34-15(22(42)43)5-3-7-31-24(28)44/h10-11,14-17H,2-9H2,1H3,(H2,25,38)(H,29,32)(H,33,37)(H,34,40)(H,35,41)(H,36,39)(H,42,43)(H4,26,27,30)(H3,28,31,44)/t14-,15-,16-,17-/m0/s1. The van der Waals surface area contributed by atoms with Crippen LogP contribution < -0.4 is 49.5 Å². The normalized spacial score (nSPS) is 13.2. The Balaban J connectivity index is 3.10. The maximum Gasteiger partial charge on any atom is 0.326 e. The smallest absolute Gasteiger partial charge is 0.326 e. The van der Waals surface area contributed by atoms with Crippen molar-refractivity contribution in [2.24, 2.45) is 27.9 Å². The predicted molar refractivity (Wildman–Crippen MR) is 154 cm³/mol. The first-order valence-electron chi connectivity index (χ1n) is 13.4. The van der Waals surface area contributed by atoms with Gasteiger partial charge < -0.3 is 59.6 Å². The molecule has 15 N–H and O–H groups in total. The molecule has 0 fully saturated rings. The Kier molecular flexibility index (Phi) is 15.7. The highest BCUT2D eigenvalue weighted by Gasteiger charge is 2.32. The van der Waals surface area contributed by atoms with Crippen LogP contribution in [0.2, 0.25) is 0 Å². The van der Waals surface area contributed by atoms with Gasteiger partial charge in [0.05, 0.1) is 12.7 Å². The van der Waals surface area contributed by atoms with Crippen LogP contribution in [-0.4, -0.2) is 99.8 Å². The number of aliphatic carboxylic acids is 1. The quantitative estimate of drug-likeness (QED) is 0.0372. The minimum Gasteiger partial charge on any atom is -0.480 e. The van der Waals surface area contributed by atoms with Gasteiger partial charge in [0.15, 0.2) is 5.96 Å². The summed E-state index contributed by atoms with van der Waals surface area (Å²) in [5.74, 6) is -5.74. The molecule has 0 saturated carbocycles. The molecule has 7 amide bonds. The van der Waals surface area contributed by atoms with Crippen LogP contribution in [0.15, 0.2) is 17.5 Å². The average molecular weight is 625 g/mol. The van der Waals surface area contributed by atoms with E-state index in [9.17, 15) is 38.7 Å². The maximum absolute atomic E-state index is 13.3. The van der Waals surface area contributed by atoms with Crippen molar-refractivity contribution in [3.05, 3.63) is 18.2 Å². The summed E-state index contributed by atoms with van der Waals surface area (Å²) >= 11 is 0. The molecule has 1 aromatic heterocycles. The van der Waals surface area contributed by atoms with Crippen molar-refractivity contribution in [1.29, 1.82) is 0 Å². The molecular weight excluding hydrogens is 584 g/mol. The highest BCUT2D eigenvalue weighted by molar-refractivity contribution is 5.96. The number of nitrogens with two attached hydrogens (primary N) is 4. The second kappa shape index (κ2) is 18.9. The fourth-order valence-corrected chi connectivity index (χ4v) is 3.85. The molecule has 0 bridgehead atoms. The van der Waals surface area contributed by atoms with Crippen LogP contribution >= 0.6 is 0 Å². The Hall–Kier alpha value is -5.43. The van der Waals surface area contributed by atoms with Gasteiger partial charge in [-0.1, -0.05) is 0 Å². The second-order valence-corrected chi connectivity index (χ2v) is 9.61. The van der Waals surface area contributed by atoms with Crippen LogP contribution in [0.3, 0.4) is 0 Å². The van der Waals surface area contributed by atoms with Gasteiger partial charge >= 0.3 is 12.0 Å². The molecule has 0 aliphatic rings. The van der Waals surface area contributed by atoms with Crippen molar-refractivity contribution < 1.29 is 38.7 Å². The van der Waals surface area contributed by atoms with Crippen molar-refractivity contribution in [1.82, 2.24) is 36.6 Å². The largest absolute Gasteiger partial charge is 0.480 e. The third-order valence-electron chi connectivity index (χ3n) is 5.87. The number of imidazole rings is 1. The first-order valence-corrected chi connectivity index (χ1v) is 13.4. The molecule has 44 heavy (non-hydrogen) atoms. The number of carboxylic acids is 1. The summed E-state index contributed by atoms with van der Waals surface area (Å²) in [4.78, 5) is 96.0. The van der Waals surface area contributed by atoms with Gasteiger partial charge in [0.1, 0.15) is 24.2 Å². The molecule has 0 saturated heterocycles. The van der Waals surface area contributed by atoms with Crippen LogP contribution in [0.5, 0.6) is 0 Å². The van der Waals surface area contributed by atoms with Gasteiger partial charge in [-0.15, -0.1) is 0 Å². The zero-order valence-corrected chi connectivity index (χ0v) is 24.1. The van der Waals surface area contributed by atoms with E-state index in [1.165, 1.54) is 19.4 Å². The number of carbonyl (C=O) groups is 7. The number of nitrogens with one attached hydrogen (secondary N) is 6. The highest BCUT2D eigenvalue weighted by atomic mass is 16.4. The number of guanidine groups is 1. The zero-order valence-electron chi connectivity index (χ0n) is 24.1. The van der Waals surface area contributed by atoms with Gasteiger partial charge in [-0.05, 0) is 25.7 Å². The van der Waals surface area contributed by atoms with Gasteiger partial charge in [-0.25, -0.2) is 14.6 Å². The number of primary amides is 2. The van der Waals surface area contributed by atoms with Gasteiger partial charge in [0, 0.05) is 38.3 Å². The van der Waals surface area contributed by atoms with E-state index in [0.29, 0.717) is 5.69 Å². The Morgan fingerprint density at radius 1 is 0.864 bits per heavy atom. The molecule has 0 unspecified atom stereocenters. The van der Waals surface area contributed by atoms with E-state index in [0.717, 1.165) is 0 Å². The number of aromatic amines is 1. The number of hydrogen-bond acceptors (Lipinski definition) is 9. The van der Waals surface area contributed by atoms with Crippen molar-refractivity contribution >= 4 is 47.5 Å². The van der Waals surface area contributed by atoms with Crippen LogP contribution in [0.4, 0.5) is 4.79 Å². The molecular formula is C24H40N12O8. The number of amides is 7. The summed E-state index contributed by atoms with van der Waals surface area (Å²) in [5.41, 5.74) is 21.3. The van der Waals surface area contributed by atoms with E-state index in [1.54, 1.807) is 0 Å². The number of carboxylic acid groups (broad SMARTS) is 1. The van der Waals surface area contributed by atoms with Gasteiger partial charge in [-0.2, -0.15) is 0 Å². The molecule has 0 aromatic carbocycles. The molecule has 1 heterocycles. The Morgan fingerprint density at radius 2 is 1.45 bits per heavy atom. The monoisotopic (exact) mass is 624 g/mol. The van der Waals surface area contributed by atoms with Crippen LogP contribution in [0, 0.1) is 0 Å². The van der Waals surface area contributed by atoms with E-state index in [1.807, 2.05) is 0 Å². The lowest BCUT2D eigenvalue weighted by molar-refractivity contribution is -0.142. The molecule has 20 nitrogen and oxygen atoms in total. The number of H-pyrrole nitrogens is 1. The summed E-state index contributed by atoms with van der Waals surface area (Å²) in [7, 11) is 0. The minimum absolute atomic E-state index is 0.0611. The van der Waals surface area contributed by atoms with Crippen LogP contribution in [0.25, 0.3) is 0 Å². The third kappa shape index (κ3) is 15.0. The summed E-state index contributed by atoms with van der Waals surface area (Å²) in [6.45, 7) is 1.40. The Labute approximate surface area is 251 Å². The Morgan fingerprint density at radius 3 is 2.00 bits per heavy atom. The molecule has 0 radical (unpaired) electrons. The average Bonchev–Trinajstić information content (AvgIpc) is 3.43. The van der Waals surface area contributed by atoms with Crippen LogP contribution in [-0.2, 0) is 35.2 Å². The second-order valence-electron chi connectivity index (χ2n) is 9.61. The number of nitrogens with zero attached hydrogens (tertiary/aromatic N) is 2. The number of carbonyl (C=O) groups excluding carboxylic acids is 6. The SMILES string of the molecule is CC(=O)N[C@@H](CCCN=C(N)N)C(=O)N[C@@H](CC(N)=O)C(=O)N[C@@H](Cc1cnc[nH]1)C(=O)N[C@@H](CCCNC(N)=O)C(=O)O. The van der Waals surface area contributed by atoms with Gasteiger partial charge in [0.2, 0.25) is 29.5 Å². The van der Waals surface area contributed by atoms with Crippen molar-refractivity contribution in [3.8, 4) is 0 Å². The van der Waals surface area contributed by atoms with Crippen molar-refractivity contribution in [3.63, 3.8) is 0 Å². The van der Waals surface area contributed by atoms with E-state index in [-0.39, 0.29) is 51.2 Å². The van der Waals surface area contributed by atoms with E-state index in [2.05, 4.69) is 41.5 Å². The molecule has 1 rings (SSSR count). The summed E-state index contributed by atoms with van der Waals surface area (Å²) in [5, 5.41) is 21.4. The Bertz CT molecular complexity index is 1190. The van der Waals surface area contributed by atoms with E-state index < -0.39 is 72.1 Å². The minimum atomic E-state index is -1.57. The lowest BCUT2D eigenvalue weighted by atomic mass is 10.1. The molecule has 0 spiro atoms. The lowest BCUT2D eigenvalue weighted by Gasteiger charge is -2.25. The number of aromatic nitrogens is 2. The molecule has 1 aromatic rings. The lowest BCUT2D eigenvalue weighted by Crippen LogP contribution is -2.58. The number of rotatable bonds is 20. The first kappa shape index (κ1) is 36.6. The zero-order chi connectivity index (χ0) is 33.2. The molecule has 0 aliphatic carbocycles. The van der Waals surface area contributed by atoms with Crippen LogP contribution in [0.1, 0.15) is 44.7 Å². The maximum atomic E-state index is 13.3. The molecule has 4 atom stereocenters. The predicted octanol–water partition coefficient (Wildman–Crippen LogP) is -4.63. The van der Waals surface area contributed by atoms with E-state index in [4.69, 9.17) is 22.9 Å². The third-order valence-corrected chi connectivity index (χ3v) is 5.87.